The lowest BCUT2D eigenvalue weighted by Gasteiger charge is -2.15. The molecule has 2 aromatic rings. The molecule has 150 valence electrons. The molecule has 0 unspecified atom stereocenters. The van der Waals surface area contributed by atoms with Crippen LogP contribution in [0.15, 0.2) is 47.4 Å². The summed E-state index contributed by atoms with van der Waals surface area (Å²) in [5, 5.41) is 7.76. The predicted molar refractivity (Wildman–Crippen MR) is 102 cm³/mol. The molecule has 9 heteroatoms. The first-order chi connectivity index (χ1) is 13.1. The molecule has 1 atom stereocenters. The number of sulfonamides is 1. The van der Waals surface area contributed by atoms with E-state index in [0.29, 0.717) is 0 Å². The van der Waals surface area contributed by atoms with E-state index in [2.05, 4.69) is 5.32 Å². The number of carbonyl (C=O) groups excluding carboxylic acids is 2. The van der Waals surface area contributed by atoms with Gasteiger partial charge in [-0.15, -0.1) is 0 Å². The number of methoxy groups -OCH3 is 1. The van der Waals surface area contributed by atoms with Gasteiger partial charge in [0.05, 0.1) is 12.0 Å². The molecule has 0 aromatic heterocycles. The van der Waals surface area contributed by atoms with Crippen LogP contribution in [-0.2, 0) is 26.1 Å². The van der Waals surface area contributed by atoms with Crippen LogP contribution in [0, 0.1) is 6.92 Å². The first kappa shape index (κ1) is 21.4. The van der Waals surface area contributed by atoms with Gasteiger partial charge in [-0.25, -0.2) is 18.4 Å². The molecule has 2 rings (SSSR count). The number of ether oxygens (including phenoxy) is 2. The van der Waals surface area contributed by atoms with Crippen molar-refractivity contribution in [3.63, 3.8) is 0 Å². The lowest BCUT2D eigenvalue weighted by atomic mass is 10.1. The zero-order chi connectivity index (χ0) is 20.9. The summed E-state index contributed by atoms with van der Waals surface area (Å²) in [6.07, 6.45) is -1.10. The van der Waals surface area contributed by atoms with Crippen LogP contribution < -0.4 is 15.2 Å². The molecule has 0 aliphatic carbocycles. The Morgan fingerprint density at radius 1 is 1.14 bits per heavy atom. The molecular formula is C19H22N2O6S. The van der Waals surface area contributed by atoms with E-state index in [-0.39, 0.29) is 22.8 Å². The average Bonchev–Trinajstić information content (AvgIpc) is 2.65. The first-order valence-corrected chi connectivity index (χ1v) is 9.91. The number of hydrogen-bond acceptors (Lipinski definition) is 6. The number of aryl methyl sites for hydroxylation is 1. The minimum Gasteiger partial charge on any atom is -0.496 e. The molecule has 0 saturated heterocycles. The van der Waals surface area contributed by atoms with Crippen molar-refractivity contribution in [3.8, 4) is 5.75 Å². The van der Waals surface area contributed by atoms with Gasteiger partial charge in [0.1, 0.15) is 11.3 Å². The Morgan fingerprint density at radius 2 is 1.79 bits per heavy atom. The molecule has 28 heavy (non-hydrogen) atoms. The number of amides is 1. The molecule has 0 spiro atoms. The normalized spacial score (nSPS) is 12.1. The fraction of sp³-hybridized carbons (Fsp3) is 0.263. The van der Waals surface area contributed by atoms with Crippen molar-refractivity contribution in [1.82, 2.24) is 5.32 Å². The number of nitrogens with one attached hydrogen (secondary N) is 1. The molecule has 2 aromatic carbocycles. The Kier molecular flexibility index (Phi) is 6.76. The quantitative estimate of drug-likeness (QED) is 0.672. The van der Waals surface area contributed by atoms with Crippen LogP contribution in [0.25, 0.3) is 0 Å². The average molecular weight is 406 g/mol. The largest absolute Gasteiger partial charge is 0.496 e. The Morgan fingerprint density at radius 3 is 2.36 bits per heavy atom. The van der Waals surface area contributed by atoms with Crippen LogP contribution in [0.5, 0.6) is 5.75 Å². The number of esters is 1. The Balaban J connectivity index is 2.06. The maximum Gasteiger partial charge on any atom is 0.342 e. The molecule has 3 N–H and O–H groups in total. The third-order valence-electron chi connectivity index (χ3n) is 3.96. The van der Waals surface area contributed by atoms with Crippen molar-refractivity contribution in [1.29, 1.82) is 0 Å². The van der Waals surface area contributed by atoms with Gasteiger partial charge in [-0.3, -0.25) is 4.79 Å². The molecule has 0 fully saturated rings. The lowest BCUT2D eigenvalue weighted by molar-refractivity contribution is -0.129. The van der Waals surface area contributed by atoms with Crippen molar-refractivity contribution >= 4 is 21.9 Å². The van der Waals surface area contributed by atoms with Crippen LogP contribution >= 0.6 is 0 Å². The number of carbonyl (C=O) groups is 2. The molecule has 0 heterocycles. The van der Waals surface area contributed by atoms with Crippen molar-refractivity contribution in [3.05, 3.63) is 59.2 Å². The molecule has 0 aliphatic rings. The highest BCUT2D eigenvalue weighted by Gasteiger charge is 2.23. The van der Waals surface area contributed by atoms with Gasteiger partial charge in [-0.05, 0) is 37.6 Å². The summed E-state index contributed by atoms with van der Waals surface area (Å²) >= 11 is 0. The van der Waals surface area contributed by atoms with Gasteiger partial charge in [0.15, 0.2) is 6.10 Å². The summed E-state index contributed by atoms with van der Waals surface area (Å²) < 4.78 is 33.2. The van der Waals surface area contributed by atoms with E-state index < -0.39 is 28.0 Å². The topological polar surface area (TPSA) is 125 Å². The molecule has 0 radical (unpaired) electrons. The Hall–Kier alpha value is -2.91. The van der Waals surface area contributed by atoms with Gasteiger partial charge in [-0.1, -0.05) is 29.8 Å². The second kappa shape index (κ2) is 8.85. The summed E-state index contributed by atoms with van der Waals surface area (Å²) in [7, 11) is -2.69. The van der Waals surface area contributed by atoms with Crippen molar-refractivity contribution in [2.75, 3.05) is 7.11 Å². The number of nitrogens with two attached hydrogens (primary N) is 1. The summed E-state index contributed by atoms with van der Waals surface area (Å²) in [5.74, 6) is -1.29. The Bertz CT molecular complexity index is 970. The van der Waals surface area contributed by atoms with E-state index in [1.165, 1.54) is 26.2 Å². The second-order valence-electron chi connectivity index (χ2n) is 6.16. The van der Waals surface area contributed by atoms with E-state index in [4.69, 9.17) is 14.6 Å². The minimum absolute atomic E-state index is 0.102. The SMILES string of the molecule is COc1ccc(S(N)(=O)=O)cc1C(=O)O[C@H](C)C(=O)NCc1ccc(C)cc1. The van der Waals surface area contributed by atoms with Gasteiger partial charge >= 0.3 is 5.97 Å². The second-order valence-corrected chi connectivity index (χ2v) is 7.72. The third kappa shape index (κ3) is 5.54. The fourth-order valence-electron chi connectivity index (χ4n) is 2.34. The number of hydrogen-bond donors (Lipinski definition) is 2. The van der Waals surface area contributed by atoms with E-state index in [1.54, 1.807) is 0 Å². The van der Waals surface area contributed by atoms with Crippen molar-refractivity contribution in [2.24, 2.45) is 5.14 Å². The summed E-state index contributed by atoms with van der Waals surface area (Å²) in [6.45, 7) is 3.66. The number of benzene rings is 2. The summed E-state index contributed by atoms with van der Waals surface area (Å²) in [5.41, 5.74) is 1.86. The van der Waals surface area contributed by atoms with E-state index in [1.807, 2.05) is 31.2 Å². The predicted octanol–water partition coefficient (Wildman–Crippen LogP) is 1.51. The zero-order valence-corrected chi connectivity index (χ0v) is 16.6. The molecule has 1 amide bonds. The highest BCUT2D eigenvalue weighted by atomic mass is 32.2. The monoisotopic (exact) mass is 406 g/mol. The van der Waals surface area contributed by atoms with Crippen LogP contribution in [0.1, 0.15) is 28.4 Å². The highest BCUT2D eigenvalue weighted by molar-refractivity contribution is 7.89. The van der Waals surface area contributed by atoms with Gasteiger partial charge in [0, 0.05) is 6.54 Å². The number of rotatable bonds is 7. The smallest absolute Gasteiger partial charge is 0.342 e. The van der Waals surface area contributed by atoms with Gasteiger partial charge in [-0.2, -0.15) is 0 Å². The number of primary sulfonamides is 1. The fourth-order valence-corrected chi connectivity index (χ4v) is 2.88. The van der Waals surface area contributed by atoms with Crippen LogP contribution in [-0.4, -0.2) is 33.5 Å². The van der Waals surface area contributed by atoms with E-state index in [0.717, 1.165) is 17.2 Å². The molecular weight excluding hydrogens is 384 g/mol. The van der Waals surface area contributed by atoms with Crippen molar-refractivity contribution < 1.29 is 27.5 Å². The molecule has 0 bridgehead atoms. The maximum atomic E-state index is 12.4. The first-order valence-electron chi connectivity index (χ1n) is 8.37. The van der Waals surface area contributed by atoms with Crippen LogP contribution in [0.2, 0.25) is 0 Å². The standard InChI is InChI=1S/C19H22N2O6S/c1-12-4-6-14(7-5-12)11-21-18(22)13(2)27-19(23)16-10-15(28(20,24)25)8-9-17(16)26-3/h4-10,13H,11H2,1-3H3,(H,21,22)(H2,20,24,25)/t13-/m1/s1. The minimum atomic E-state index is -4.01. The molecule has 0 saturated carbocycles. The lowest BCUT2D eigenvalue weighted by Crippen LogP contribution is -2.35. The van der Waals surface area contributed by atoms with Gasteiger partial charge in [0.25, 0.3) is 5.91 Å². The van der Waals surface area contributed by atoms with E-state index >= 15 is 0 Å². The zero-order valence-electron chi connectivity index (χ0n) is 15.8. The van der Waals surface area contributed by atoms with Crippen LogP contribution in [0.3, 0.4) is 0 Å². The van der Waals surface area contributed by atoms with Crippen LogP contribution in [0.4, 0.5) is 0 Å². The summed E-state index contributed by atoms with van der Waals surface area (Å²) in [6, 6.07) is 11.2. The highest BCUT2D eigenvalue weighted by Crippen LogP contribution is 2.23. The summed E-state index contributed by atoms with van der Waals surface area (Å²) in [4.78, 5) is 24.3. The van der Waals surface area contributed by atoms with Gasteiger partial charge < -0.3 is 14.8 Å². The van der Waals surface area contributed by atoms with Crippen molar-refractivity contribution in [2.45, 2.75) is 31.4 Å². The third-order valence-corrected chi connectivity index (χ3v) is 4.87. The molecule has 8 nitrogen and oxygen atoms in total. The van der Waals surface area contributed by atoms with E-state index in [9.17, 15) is 18.0 Å². The maximum absolute atomic E-state index is 12.4. The Labute approximate surface area is 163 Å². The van der Waals surface area contributed by atoms with Gasteiger partial charge in [0.2, 0.25) is 10.0 Å². The molecule has 0 aliphatic heterocycles.